The zero-order chi connectivity index (χ0) is 20.8. The van der Waals surface area contributed by atoms with Crippen LogP contribution in [0.25, 0.3) is 21.9 Å². The molecule has 2 aromatic carbocycles. The van der Waals surface area contributed by atoms with Crippen molar-refractivity contribution in [3.8, 4) is 11.5 Å². The lowest BCUT2D eigenvalue weighted by Crippen LogP contribution is -2.05. The van der Waals surface area contributed by atoms with E-state index in [-0.39, 0.29) is 6.42 Å². The molecule has 0 atom stereocenters. The van der Waals surface area contributed by atoms with Gasteiger partial charge in [0.05, 0.1) is 23.9 Å². The maximum absolute atomic E-state index is 11.2. The number of thiazole rings is 1. The van der Waals surface area contributed by atoms with Crippen molar-refractivity contribution in [1.29, 1.82) is 0 Å². The normalized spacial score (nSPS) is 11.8. The molecule has 6 heteroatoms. The van der Waals surface area contributed by atoms with Gasteiger partial charge in [0.25, 0.3) is 0 Å². The minimum atomic E-state index is -0.826. The van der Waals surface area contributed by atoms with Crippen molar-refractivity contribution in [1.82, 2.24) is 4.98 Å². The number of hydrogen-bond donors (Lipinski definition) is 1. The van der Waals surface area contributed by atoms with Gasteiger partial charge in [0.15, 0.2) is 11.5 Å². The Morgan fingerprint density at radius 2 is 1.97 bits per heavy atom. The molecular formula is C23H25NO4S. The van der Waals surface area contributed by atoms with E-state index in [2.05, 4.69) is 13.8 Å². The fourth-order valence-corrected chi connectivity index (χ4v) is 3.85. The Morgan fingerprint density at radius 3 is 2.66 bits per heavy atom. The molecule has 3 rings (SSSR count). The maximum atomic E-state index is 11.2. The van der Waals surface area contributed by atoms with Crippen molar-refractivity contribution in [3.05, 3.63) is 53.0 Å². The van der Waals surface area contributed by atoms with Crippen LogP contribution in [0.2, 0.25) is 0 Å². The van der Waals surface area contributed by atoms with Gasteiger partial charge in [-0.2, -0.15) is 0 Å². The topological polar surface area (TPSA) is 68.7 Å². The number of methoxy groups -OCH3 is 1. The highest BCUT2D eigenvalue weighted by Gasteiger charge is 2.12. The van der Waals surface area contributed by atoms with E-state index in [1.54, 1.807) is 18.4 Å². The van der Waals surface area contributed by atoms with Crippen LogP contribution in [0.15, 0.2) is 42.5 Å². The smallest absolute Gasteiger partial charge is 0.303 e. The van der Waals surface area contributed by atoms with E-state index >= 15 is 0 Å². The van der Waals surface area contributed by atoms with Gasteiger partial charge in [-0.15, -0.1) is 11.3 Å². The van der Waals surface area contributed by atoms with Crippen LogP contribution in [0, 0.1) is 5.92 Å². The maximum Gasteiger partial charge on any atom is 0.303 e. The van der Waals surface area contributed by atoms with Gasteiger partial charge >= 0.3 is 5.97 Å². The summed E-state index contributed by atoms with van der Waals surface area (Å²) in [7, 11) is 1.62. The van der Waals surface area contributed by atoms with E-state index in [0.717, 1.165) is 26.4 Å². The number of rotatable bonds is 9. The van der Waals surface area contributed by atoms with Gasteiger partial charge in [-0.05, 0) is 53.8 Å². The number of aliphatic carboxylic acids is 1. The second-order valence-electron chi connectivity index (χ2n) is 7.17. The van der Waals surface area contributed by atoms with Crippen molar-refractivity contribution in [2.24, 2.45) is 5.92 Å². The zero-order valence-electron chi connectivity index (χ0n) is 16.8. The largest absolute Gasteiger partial charge is 0.493 e. The predicted molar refractivity (Wildman–Crippen MR) is 118 cm³/mol. The van der Waals surface area contributed by atoms with Gasteiger partial charge in [0, 0.05) is 6.42 Å². The number of benzene rings is 2. The highest BCUT2D eigenvalue weighted by Crippen LogP contribution is 2.33. The number of hydrogen-bond acceptors (Lipinski definition) is 5. The number of para-hydroxylation sites is 1. The van der Waals surface area contributed by atoms with Crippen LogP contribution in [0.1, 0.15) is 37.3 Å². The number of aromatic nitrogens is 1. The molecule has 0 aliphatic heterocycles. The first-order valence-electron chi connectivity index (χ1n) is 9.55. The van der Waals surface area contributed by atoms with E-state index in [9.17, 15) is 4.79 Å². The minimum absolute atomic E-state index is 0.0502. The molecule has 0 unspecified atom stereocenters. The van der Waals surface area contributed by atoms with Gasteiger partial charge in [-0.3, -0.25) is 4.79 Å². The van der Waals surface area contributed by atoms with Crippen molar-refractivity contribution < 1.29 is 19.4 Å². The third-order valence-electron chi connectivity index (χ3n) is 4.28. The number of ether oxygens (including phenoxy) is 2. The van der Waals surface area contributed by atoms with Gasteiger partial charge in [-0.1, -0.05) is 32.0 Å². The average Bonchev–Trinajstić information content (AvgIpc) is 3.13. The molecule has 0 spiro atoms. The average molecular weight is 412 g/mol. The summed E-state index contributed by atoms with van der Waals surface area (Å²) in [6.45, 7) is 4.77. The molecule has 0 radical (unpaired) electrons. The van der Waals surface area contributed by atoms with Gasteiger partial charge < -0.3 is 14.6 Å². The molecule has 0 fully saturated rings. The Morgan fingerprint density at radius 1 is 1.17 bits per heavy atom. The first kappa shape index (κ1) is 20.9. The summed E-state index contributed by atoms with van der Waals surface area (Å²) in [5.41, 5.74) is 2.74. The molecule has 0 aliphatic carbocycles. The van der Waals surface area contributed by atoms with Crippen LogP contribution in [0.4, 0.5) is 0 Å². The van der Waals surface area contributed by atoms with Crippen molar-refractivity contribution in [2.75, 3.05) is 13.7 Å². The summed E-state index contributed by atoms with van der Waals surface area (Å²) in [4.78, 5) is 15.9. The van der Waals surface area contributed by atoms with E-state index in [1.807, 2.05) is 48.5 Å². The third kappa shape index (κ3) is 5.57. The van der Waals surface area contributed by atoms with E-state index in [1.165, 1.54) is 0 Å². The Bertz CT molecular complexity index is 990. The van der Waals surface area contributed by atoms with Crippen LogP contribution in [0.5, 0.6) is 11.5 Å². The summed E-state index contributed by atoms with van der Waals surface area (Å²) in [5, 5.41) is 10.0. The Kier molecular flexibility index (Phi) is 6.88. The second-order valence-corrected chi connectivity index (χ2v) is 8.20. The summed E-state index contributed by atoms with van der Waals surface area (Å²) < 4.78 is 12.4. The molecule has 1 aromatic heterocycles. The van der Waals surface area contributed by atoms with Crippen molar-refractivity contribution >= 4 is 39.2 Å². The van der Waals surface area contributed by atoms with Gasteiger partial charge in [-0.25, -0.2) is 4.98 Å². The van der Waals surface area contributed by atoms with Gasteiger partial charge in [0.2, 0.25) is 0 Å². The van der Waals surface area contributed by atoms with E-state index in [0.29, 0.717) is 30.4 Å². The first-order valence-corrected chi connectivity index (χ1v) is 10.4. The quantitative estimate of drug-likeness (QED) is 0.486. The fraction of sp³-hybridized carbons (Fsp3) is 0.304. The molecular weight excluding hydrogens is 386 g/mol. The number of fused-ring (bicyclic) bond motifs is 1. The highest BCUT2D eigenvalue weighted by atomic mass is 32.1. The van der Waals surface area contributed by atoms with Crippen LogP contribution in [-0.4, -0.2) is 29.8 Å². The molecule has 0 aliphatic rings. The Hall–Kier alpha value is -2.86. The summed E-state index contributed by atoms with van der Waals surface area (Å²) in [6, 6.07) is 13.7. The summed E-state index contributed by atoms with van der Waals surface area (Å²) >= 11 is 1.57. The van der Waals surface area contributed by atoms with E-state index < -0.39 is 5.97 Å². The van der Waals surface area contributed by atoms with Crippen LogP contribution in [-0.2, 0) is 4.79 Å². The monoisotopic (exact) mass is 411 g/mol. The molecule has 29 heavy (non-hydrogen) atoms. The molecule has 152 valence electrons. The minimum Gasteiger partial charge on any atom is -0.493 e. The van der Waals surface area contributed by atoms with Crippen molar-refractivity contribution in [3.63, 3.8) is 0 Å². The standard InChI is InChI=1S/C23H25NO4S/c1-15(2)14-28-20-13-16(8-10-19(20)27-3)12-17(9-11-22(25)26)23-24-18-6-4-5-7-21(18)29-23/h4-8,10,12-13,15H,9,11,14H2,1-3H3,(H,25,26)/b17-12-. The van der Waals surface area contributed by atoms with Gasteiger partial charge in [0.1, 0.15) is 5.01 Å². The number of nitrogens with zero attached hydrogens (tertiary/aromatic N) is 1. The highest BCUT2D eigenvalue weighted by molar-refractivity contribution is 7.19. The fourth-order valence-electron chi connectivity index (χ4n) is 2.85. The number of carbonyl (C=O) groups is 1. The van der Waals surface area contributed by atoms with Crippen molar-refractivity contribution in [2.45, 2.75) is 26.7 Å². The molecule has 3 aromatic rings. The third-order valence-corrected chi connectivity index (χ3v) is 5.39. The lowest BCUT2D eigenvalue weighted by Gasteiger charge is -2.13. The first-order chi connectivity index (χ1) is 14.0. The zero-order valence-corrected chi connectivity index (χ0v) is 17.7. The van der Waals surface area contributed by atoms with Crippen LogP contribution < -0.4 is 9.47 Å². The molecule has 0 bridgehead atoms. The lowest BCUT2D eigenvalue weighted by atomic mass is 10.1. The van der Waals surface area contributed by atoms with Crippen LogP contribution >= 0.6 is 11.3 Å². The predicted octanol–water partition coefficient (Wildman–Crippen LogP) is 5.75. The Balaban J connectivity index is 1.98. The number of carboxylic acid groups (broad SMARTS) is 1. The SMILES string of the molecule is COc1ccc(/C=C(/CCC(=O)O)c2nc3ccccc3s2)cc1OCC(C)C. The van der Waals surface area contributed by atoms with E-state index in [4.69, 9.17) is 19.6 Å². The number of carboxylic acids is 1. The second kappa shape index (κ2) is 9.56. The lowest BCUT2D eigenvalue weighted by molar-refractivity contribution is -0.136. The molecule has 0 amide bonds. The molecule has 1 heterocycles. The molecule has 0 saturated heterocycles. The summed E-state index contributed by atoms with van der Waals surface area (Å²) in [6.07, 6.45) is 2.44. The molecule has 5 nitrogen and oxygen atoms in total. The summed E-state index contributed by atoms with van der Waals surface area (Å²) in [5.74, 6) is 0.923. The Labute approximate surface area is 174 Å². The molecule has 1 N–H and O–H groups in total. The molecule has 0 saturated carbocycles. The number of allylic oxidation sites excluding steroid dienone is 1. The van der Waals surface area contributed by atoms with Crippen LogP contribution in [0.3, 0.4) is 0 Å².